The van der Waals surface area contributed by atoms with E-state index in [1.54, 1.807) is 25.2 Å². The maximum atomic E-state index is 11.7. The summed E-state index contributed by atoms with van der Waals surface area (Å²) in [5.41, 5.74) is 6.95. The SMILES string of the molecule is CNC(=O)c1ccc(N)cc1Sc1nc(C)ns1. The van der Waals surface area contributed by atoms with E-state index in [1.165, 1.54) is 23.3 Å². The zero-order chi connectivity index (χ0) is 13.1. The quantitative estimate of drug-likeness (QED) is 0.840. The van der Waals surface area contributed by atoms with Crippen molar-refractivity contribution in [3.8, 4) is 0 Å². The van der Waals surface area contributed by atoms with E-state index in [1.807, 2.05) is 6.92 Å². The Balaban J connectivity index is 2.36. The van der Waals surface area contributed by atoms with E-state index < -0.39 is 0 Å². The molecule has 0 aliphatic carbocycles. The van der Waals surface area contributed by atoms with Gasteiger partial charge in [-0.1, -0.05) is 11.8 Å². The monoisotopic (exact) mass is 280 g/mol. The molecule has 1 aromatic carbocycles. The lowest BCUT2D eigenvalue weighted by Crippen LogP contribution is -2.18. The summed E-state index contributed by atoms with van der Waals surface area (Å²) < 4.78 is 4.90. The number of hydrogen-bond donors (Lipinski definition) is 2. The van der Waals surface area contributed by atoms with Gasteiger partial charge >= 0.3 is 0 Å². The van der Waals surface area contributed by atoms with Crippen molar-refractivity contribution in [1.82, 2.24) is 14.7 Å². The van der Waals surface area contributed by atoms with E-state index in [2.05, 4.69) is 14.7 Å². The van der Waals surface area contributed by atoms with Crippen molar-refractivity contribution < 1.29 is 4.79 Å². The third kappa shape index (κ3) is 2.80. The molecule has 5 nitrogen and oxygen atoms in total. The van der Waals surface area contributed by atoms with Crippen molar-refractivity contribution in [2.45, 2.75) is 16.2 Å². The summed E-state index contributed by atoms with van der Waals surface area (Å²) in [6, 6.07) is 5.19. The highest BCUT2D eigenvalue weighted by atomic mass is 32.2. The Morgan fingerprint density at radius 3 is 2.89 bits per heavy atom. The van der Waals surface area contributed by atoms with Gasteiger partial charge in [-0.3, -0.25) is 4.79 Å². The summed E-state index contributed by atoms with van der Waals surface area (Å²) in [7, 11) is 1.60. The summed E-state index contributed by atoms with van der Waals surface area (Å²) in [4.78, 5) is 16.8. The van der Waals surface area contributed by atoms with Crippen LogP contribution < -0.4 is 11.1 Å². The first-order chi connectivity index (χ1) is 8.60. The minimum Gasteiger partial charge on any atom is -0.399 e. The van der Waals surface area contributed by atoms with Crippen LogP contribution in [0.4, 0.5) is 5.69 Å². The van der Waals surface area contributed by atoms with Crippen molar-refractivity contribution in [3.05, 3.63) is 29.6 Å². The molecule has 3 N–H and O–H groups in total. The number of rotatable bonds is 3. The van der Waals surface area contributed by atoms with Crippen LogP contribution in [0.25, 0.3) is 0 Å². The minimum absolute atomic E-state index is 0.140. The van der Waals surface area contributed by atoms with Crippen LogP contribution in [0.1, 0.15) is 16.2 Å². The van der Waals surface area contributed by atoms with Gasteiger partial charge in [0.2, 0.25) is 0 Å². The Labute approximate surface area is 113 Å². The molecule has 0 aliphatic heterocycles. The van der Waals surface area contributed by atoms with E-state index in [0.29, 0.717) is 11.3 Å². The molecule has 0 saturated carbocycles. The summed E-state index contributed by atoms with van der Waals surface area (Å²) in [6.45, 7) is 1.83. The molecule has 94 valence electrons. The Morgan fingerprint density at radius 1 is 1.50 bits per heavy atom. The maximum absolute atomic E-state index is 11.7. The van der Waals surface area contributed by atoms with Gasteiger partial charge in [-0.05, 0) is 36.7 Å². The number of nitrogens with zero attached hydrogens (tertiary/aromatic N) is 2. The van der Waals surface area contributed by atoms with Crippen molar-refractivity contribution in [2.75, 3.05) is 12.8 Å². The molecule has 18 heavy (non-hydrogen) atoms. The van der Waals surface area contributed by atoms with Crippen LogP contribution in [0, 0.1) is 6.92 Å². The second-order valence-electron chi connectivity index (χ2n) is 3.54. The fraction of sp³-hybridized carbons (Fsp3) is 0.182. The van der Waals surface area contributed by atoms with Gasteiger partial charge in [-0.2, -0.15) is 4.37 Å². The molecular weight excluding hydrogens is 268 g/mol. The molecule has 0 fully saturated rings. The van der Waals surface area contributed by atoms with Gasteiger partial charge in [0, 0.05) is 17.6 Å². The van der Waals surface area contributed by atoms with Gasteiger partial charge in [0.15, 0.2) is 4.34 Å². The molecule has 2 rings (SSSR count). The second kappa shape index (κ2) is 5.36. The van der Waals surface area contributed by atoms with Gasteiger partial charge in [0.1, 0.15) is 5.82 Å². The summed E-state index contributed by atoms with van der Waals surface area (Å²) in [5, 5.41) is 2.61. The van der Waals surface area contributed by atoms with Crippen LogP contribution in [0.15, 0.2) is 27.4 Å². The zero-order valence-electron chi connectivity index (χ0n) is 9.93. The van der Waals surface area contributed by atoms with Crippen LogP contribution in [0.5, 0.6) is 0 Å². The number of nitrogens with one attached hydrogen (secondary N) is 1. The number of carbonyl (C=O) groups excluding carboxylic acids is 1. The van der Waals surface area contributed by atoms with Crippen LogP contribution in [0.2, 0.25) is 0 Å². The third-order valence-corrected chi connectivity index (χ3v) is 4.08. The lowest BCUT2D eigenvalue weighted by Gasteiger charge is -2.07. The molecule has 7 heteroatoms. The topological polar surface area (TPSA) is 80.9 Å². The molecule has 0 saturated heterocycles. The predicted molar refractivity (Wildman–Crippen MR) is 73.0 cm³/mol. The van der Waals surface area contributed by atoms with Gasteiger partial charge in [0.25, 0.3) is 5.91 Å². The summed E-state index contributed by atoms with van der Waals surface area (Å²) >= 11 is 2.70. The molecule has 0 aliphatic rings. The molecule has 1 heterocycles. The van der Waals surface area contributed by atoms with Crippen LogP contribution >= 0.6 is 23.3 Å². The number of benzene rings is 1. The summed E-state index contributed by atoms with van der Waals surface area (Å²) in [6.07, 6.45) is 0. The average Bonchev–Trinajstić information content (AvgIpc) is 2.74. The van der Waals surface area contributed by atoms with Gasteiger partial charge in [0.05, 0.1) is 5.56 Å². The van der Waals surface area contributed by atoms with Gasteiger partial charge in [-0.25, -0.2) is 4.98 Å². The van der Waals surface area contributed by atoms with Crippen molar-refractivity contribution in [1.29, 1.82) is 0 Å². The van der Waals surface area contributed by atoms with E-state index in [0.717, 1.165) is 15.1 Å². The predicted octanol–water partition coefficient (Wildman–Crippen LogP) is 1.94. The molecule has 0 radical (unpaired) electrons. The molecule has 1 aromatic heterocycles. The second-order valence-corrected chi connectivity index (χ2v) is 5.59. The fourth-order valence-electron chi connectivity index (χ4n) is 1.36. The number of hydrogen-bond acceptors (Lipinski definition) is 6. The number of carbonyl (C=O) groups is 1. The Morgan fingerprint density at radius 2 is 2.28 bits per heavy atom. The van der Waals surface area contributed by atoms with Crippen LogP contribution in [-0.4, -0.2) is 22.3 Å². The first-order valence-electron chi connectivity index (χ1n) is 5.20. The van der Waals surface area contributed by atoms with Crippen molar-refractivity contribution in [3.63, 3.8) is 0 Å². The van der Waals surface area contributed by atoms with Gasteiger partial charge in [-0.15, -0.1) is 0 Å². The van der Waals surface area contributed by atoms with E-state index >= 15 is 0 Å². The molecule has 0 unspecified atom stereocenters. The highest BCUT2D eigenvalue weighted by Gasteiger charge is 2.13. The van der Waals surface area contributed by atoms with E-state index in [-0.39, 0.29) is 5.91 Å². The van der Waals surface area contributed by atoms with E-state index in [4.69, 9.17) is 5.73 Å². The molecule has 0 bridgehead atoms. The lowest BCUT2D eigenvalue weighted by atomic mass is 10.2. The Bertz CT molecular complexity index is 582. The third-order valence-electron chi connectivity index (χ3n) is 2.18. The lowest BCUT2D eigenvalue weighted by molar-refractivity contribution is 0.0960. The number of nitrogens with two attached hydrogens (primary N) is 1. The Hall–Kier alpha value is -1.60. The van der Waals surface area contributed by atoms with Crippen LogP contribution in [0.3, 0.4) is 0 Å². The zero-order valence-corrected chi connectivity index (χ0v) is 11.6. The van der Waals surface area contributed by atoms with Crippen molar-refractivity contribution >= 4 is 34.9 Å². The maximum Gasteiger partial charge on any atom is 0.252 e. The van der Waals surface area contributed by atoms with Gasteiger partial charge < -0.3 is 11.1 Å². The van der Waals surface area contributed by atoms with E-state index in [9.17, 15) is 4.79 Å². The smallest absolute Gasteiger partial charge is 0.252 e. The first-order valence-corrected chi connectivity index (χ1v) is 6.79. The normalized spacial score (nSPS) is 10.3. The molecule has 1 amide bonds. The molecule has 2 aromatic rings. The molecular formula is C11H12N4OS2. The highest BCUT2D eigenvalue weighted by Crippen LogP contribution is 2.32. The standard InChI is InChI=1S/C11H12N4OS2/c1-6-14-11(18-15-6)17-9-5-7(12)3-4-8(9)10(16)13-2/h3-5H,12H2,1-2H3,(H,13,16). The Kier molecular flexibility index (Phi) is 3.83. The number of aryl methyl sites for hydroxylation is 1. The number of aromatic nitrogens is 2. The largest absolute Gasteiger partial charge is 0.399 e. The number of nitrogen functional groups attached to an aromatic ring is 1. The number of amides is 1. The fourth-order valence-corrected chi connectivity index (χ4v) is 3.14. The first kappa shape index (κ1) is 12.8. The number of anilines is 1. The molecule has 0 atom stereocenters. The highest BCUT2D eigenvalue weighted by molar-refractivity contribution is 8.01. The minimum atomic E-state index is -0.140. The average molecular weight is 280 g/mol. The van der Waals surface area contributed by atoms with Crippen LogP contribution in [-0.2, 0) is 0 Å². The molecule has 0 spiro atoms. The summed E-state index contributed by atoms with van der Waals surface area (Å²) in [5.74, 6) is 0.589. The van der Waals surface area contributed by atoms with Crippen molar-refractivity contribution in [2.24, 2.45) is 0 Å².